The summed E-state index contributed by atoms with van der Waals surface area (Å²) in [5.74, 6) is 0. The molecule has 1 aliphatic heterocycles. The molecule has 0 radical (unpaired) electrons. The number of nitrogens with two attached hydrogens (primary N) is 1. The SMILES string of the molecule is CC(N)C(c1ccc(Br)cc1)N1CCOC(C#N)C1. The van der Waals surface area contributed by atoms with Crippen molar-refractivity contribution in [1.29, 1.82) is 5.26 Å². The molecule has 1 saturated heterocycles. The van der Waals surface area contributed by atoms with Crippen molar-refractivity contribution in [3.05, 3.63) is 34.3 Å². The number of rotatable bonds is 3. The second-order valence-corrected chi connectivity index (χ2v) is 5.75. The molecule has 19 heavy (non-hydrogen) atoms. The highest BCUT2D eigenvalue weighted by Gasteiger charge is 2.29. The van der Waals surface area contributed by atoms with Crippen LogP contribution in [0.15, 0.2) is 28.7 Å². The molecule has 1 aliphatic rings. The van der Waals surface area contributed by atoms with Crippen molar-refractivity contribution in [3.63, 3.8) is 0 Å². The monoisotopic (exact) mass is 323 g/mol. The van der Waals surface area contributed by atoms with Crippen molar-refractivity contribution in [2.75, 3.05) is 19.7 Å². The molecule has 0 aromatic heterocycles. The van der Waals surface area contributed by atoms with Crippen molar-refractivity contribution in [3.8, 4) is 6.07 Å². The lowest BCUT2D eigenvalue weighted by atomic mass is 9.98. The van der Waals surface area contributed by atoms with E-state index in [1.165, 1.54) is 5.56 Å². The van der Waals surface area contributed by atoms with E-state index in [-0.39, 0.29) is 18.2 Å². The third-order valence-electron chi connectivity index (χ3n) is 3.34. The second-order valence-electron chi connectivity index (χ2n) is 4.84. The van der Waals surface area contributed by atoms with Gasteiger partial charge in [0.2, 0.25) is 0 Å². The predicted octanol–water partition coefficient (Wildman–Crippen LogP) is 2.06. The molecule has 2 rings (SSSR count). The summed E-state index contributed by atoms with van der Waals surface area (Å²) in [5, 5.41) is 9.00. The zero-order chi connectivity index (χ0) is 13.8. The van der Waals surface area contributed by atoms with Gasteiger partial charge in [-0.15, -0.1) is 0 Å². The van der Waals surface area contributed by atoms with Gasteiger partial charge in [0.25, 0.3) is 0 Å². The normalized spacial score (nSPS) is 23.6. The van der Waals surface area contributed by atoms with E-state index in [0.717, 1.165) is 11.0 Å². The molecule has 1 aromatic carbocycles. The Morgan fingerprint density at radius 3 is 2.74 bits per heavy atom. The predicted molar refractivity (Wildman–Crippen MR) is 77.5 cm³/mol. The molecule has 0 spiro atoms. The summed E-state index contributed by atoms with van der Waals surface area (Å²) >= 11 is 3.44. The van der Waals surface area contributed by atoms with E-state index in [0.29, 0.717) is 13.2 Å². The minimum atomic E-state index is -0.356. The van der Waals surface area contributed by atoms with Crippen molar-refractivity contribution < 1.29 is 4.74 Å². The zero-order valence-corrected chi connectivity index (χ0v) is 12.5. The van der Waals surface area contributed by atoms with E-state index >= 15 is 0 Å². The topological polar surface area (TPSA) is 62.3 Å². The van der Waals surface area contributed by atoms with E-state index in [1.54, 1.807) is 0 Å². The van der Waals surface area contributed by atoms with E-state index in [1.807, 2.05) is 19.1 Å². The van der Waals surface area contributed by atoms with Crippen molar-refractivity contribution in [2.24, 2.45) is 5.73 Å². The number of benzene rings is 1. The first kappa shape index (κ1) is 14.5. The number of hydrogen-bond donors (Lipinski definition) is 1. The highest BCUT2D eigenvalue weighted by atomic mass is 79.9. The third kappa shape index (κ3) is 3.54. The molecule has 0 bridgehead atoms. The van der Waals surface area contributed by atoms with Crippen LogP contribution in [-0.4, -0.2) is 36.7 Å². The van der Waals surface area contributed by atoms with Crippen LogP contribution < -0.4 is 5.73 Å². The summed E-state index contributed by atoms with van der Waals surface area (Å²) in [6, 6.07) is 10.5. The van der Waals surface area contributed by atoms with Crippen LogP contribution in [0.4, 0.5) is 0 Å². The molecule has 1 heterocycles. The Labute approximate surface area is 122 Å². The maximum atomic E-state index is 9.00. The van der Waals surface area contributed by atoms with Crippen LogP contribution in [0.25, 0.3) is 0 Å². The number of nitriles is 1. The number of halogens is 1. The van der Waals surface area contributed by atoms with Crippen LogP contribution in [0.5, 0.6) is 0 Å². The molecule has 0 aliphatic carbocycles. The van der Waals surface area contributed by atoms with Crippen molar-refractivity contribution in [2.45, 2.75) is 25.1 Å². The molecule has 0 saturated carbocycles. The first-order chi connectivity index (χ1) is 9.11. The van der Waals surface area contributed by atoms with E-state index in [9.17, 15) is 0 Å². The van der Waals surface area contributed by atoms with Gasteiger partial charge in [-0.1, -0.05) is 28.1 Å². The zero-order valence-electron chi connectivity index (χ0n) is 10.9. The fourth-order valence-corrected chi connectivity index (χ4v) is 2.77. The van der Waals surface area contributed by atoms with Gasteiger partial charge in [0.05, 0.1) is 12.7 Å². The van der Waals surface area contributed by atoms with Crippen LogP contribution in [0.2, 0.25) is 0 Å². The standard InChI is InChI=1S/C14H18BrN3O/c1-10(17)14(11-2-4-12(15)5-3-11)18-6-7-19-13(8-16)9-18/h2-5,10,13-14H,6-7,9,17H2,1H3. The maximum Gasteiger partial charge on any atom is 0.156 e. The van der Waals surface area contributed by atoms with E-state index < -0.39 is 0 Å². The minimum Gasteiger partial charge on any atom is -0.361 e. The van der Waals surface area contributed by atoms with Crippen LogP contribution in [-0.2, 0) is 4.74 Å². The van der Waals surface area contributed by atoms with Crippen LogP contribution in [0.3, 0.4) is 0 Å². The summed E-state index contributed by atoms with van der Waals surface area (Å²) in [6.07, 6.45) is -0.356. The molecule has 1 fully saturated rings. The minimum absolute atomic E-state index is 0.00128. The van der Waals surface area contributed by atoms with Gasteiger partial charge in [-0.2, -0.15) is 5.26 Å². The van der Waals surface area contributed by atoms with Gasteiger partial charge < -0.3 is 10.5 Å². The largest absolute Gasteiger partial charge is 0.361 e. The Morgan fingerprint density at radius 1 is 1.47 bits per heavy atom. The Bertz CT molecular complexity index is 455. The molecule has 2 N–H and O–H groups in total. The van der Waals surface area contributed by atoms with E-state index in [4.69, 9.17) is 15.7 Å². The number of morpholine rings is 1. The Kier molecular flexibility index (Phi) is 4.94. The van der Waals surface area contributed by atoms with Crippen LogP contribution in [0.1, 0.15) is 18.5 Å². The fraction of sp³-hybridized carbons (Fsp3) is 0.500. The molecular weight excluding hydrogens is 306 g/mol. The average Bonchev–Trinajstić information content (AvgIpc) is 2.41. The van der Waals surface area contributed by atoms with Gasteiger partial charge in [0.1, 0.15) is 0 Å². The first-order valence-corrected chi connectivity index (χ1v) is 7.17. The Morgan fingerprint density at radius 2 is 2.16 bits per heavy atom. The van der Waals surface area contributed by atoms with Crippen LogP contribution >= 0.6 is 15.9 Å². The van der Waals surface area contributed by atoms with Crippen molar-refractivity contribution in [1.82, 2.24) is 4.90 Å². The molecular formula is C14H18BrN3O. The summed E-state index contributed by atoms with van der Waals surface area (Å²) in [5.41, 5.74) is 7.32. The molecule has 0 amide bonds. The maximum absolute atomic E-state index is 9.00. The van der Waals surface area contributed by atoms with Gasteiger partial charge >= 0.3 is 0 Å². The quantitative estimate of drug-likeness (QED) is 0.924. The number of ether oxygens (including phenoxy) is 1. The Hall–Kier alpha value is -0.930. The first-order valence-electron chi connectivity index (χ1n) is 6.38. The van der Waals surface area contributed by atoms with Gasteiger partial charge in [-0.25, -0.2) is 0 Å². The molecule has 4 nitrogen and oxygen atoms in total. The molecule has 3 unspecified atom stereocenters. The number of hydrogen-bond acceptors (Lipinski definition) is 4. The van der Waals surface area contributed by atoms with Gasteiger partial charge in [-0.05, 0) is 24.6 Å². The van der Waals surface area contributed by atoms with Gasteiger partial charge in [0.15, 0.2) is 6.10 Å². The summed E-state index contributed by atoms with van der Waals surface area (Å²) in [4.78, 5) is 2.24. The summed E-state index contributed by atoms with van der Waals surface area (Å²) in [7, 11) is 0. The highest BCUT2D eigenvalue weighted by molar-refractivity contribution is 9.10. The summed E-state index contributed by atoms with van der Waals surface area (Å²) in [6.45, 7) is 4.00. The van der Waals surface area contributed by atoms with Gasteiger partial charge in [0, 0.05) is 29.6 Å². The summed E-state index contributed by atoms with van der Waals surface area (Å²) < 4.78 is 6.44. The van der Waals surface area contributed by atoms with Crippen LogP contribution in [0, 0.1) is 11.3 Å². The molecule has 1 aromatic rings. The third-order valence-corrected chi connectivity index (χ3v) is 3.87. The molecule has 102 valence electrons. The lowest BCUT2D eigenvalue weighted by Crippen LogP contribution is -2.48. The Balaban J connectivity index is 2.20. The van der Waals surface area contributed by atoms with E-state index in [2.05, 4.69) is 39.0 Å². The average molecular weight is 324 g/mol. The number of nitrogens with zero attached hydrogens (tertiary/aromatic N) is 2. The highest BCUT2D eigenvalue weighted by Crippen LogP contribution is 2.26. The lowest BCUT2D eigenvalue weighted by Gasteiger charge is -2.38. The van der Waals surface area contributed by atoms with Gasteiger partial charge in [-0.3, -0.25) is 4.90 Å². The smallest absolute Gasteiger partial charge is 0.156 e. The molecule has 5 heteroatoms. The van der Waals surface area contributed by atoms with Crippen molar-refractivity contribution >= 4 is 15.9 Å². The fourth-order valence-electron chi connectivity index (χ4n) is 2.51. The second kappa shape index (κ2) is 6.49. The molecule has 3 atom stereocenters. The lowest BCUT2D eigenvalue weighted by molar-refractivity contribution is -0.0210.